The van der Waals surface area contributed by atoms with Crippen molar-refractivity contribution in [3.05, 3.63) is 29.2 Å². The molecular weight excluding hydrogens is 123 g/mol. The van der Waals surface area contributed by atoms with Gasteiger partial charge in [-0.05, 0) is 11.2 Å². The Morgan fingerprint density at radius 3 is 2.89 bits per heavy atom. The number of halogens is 1. The van der Waals surface area contributed by atoms with Crippen LogP contribution in [0.5, 0.6) is 0 Å². The fourth-order valence-electron chi connectivity index (χ4n) is 0.442. The summed E-state index contributed by atoms with van der Waals surface area (Å²) in [5.74, 6) is -0.687. The van der Waals surface area contributed by atoms with Crippen LogP contribution in [0, 0.1) is 10.7 Å². The maximum atomic E-state index is 12.2. The van der Waals surface area contributed by atoms with Crippen molar-refractivity contribution < 1.29 is 4.39 Å². The third-order valence-electron chi connectivity index (χ3n) is 0.849. The minimum atomic E-state index is -0.687. The monoisotopic (exact) mass is 126 g/mol. The fraction of sp³-hybridized carbons (Fsp3) is 0. The minimum Gasteiger partial charge on any atom is -0.262 e. The Balaban J connectivity index is 3.15. The summed E-state index contributed by atoms with van der Waals surface area (Å²) in [4.78, 5) is 13.1. The van der Waals surface area contributed by atoms with E-state index < -0.39 is 5.82 Å². The summed E-state index contributed by atoms with van der Waals surface area (Å²) in [7, 11) is 0. The number of pyridine rings is 1. The molecule has 1 heterocycles. The van der Waals surface area contributed by atoms with E-state index in [1.165, 1.54) is 12.3 Å². The smallest absolute Gasteiger partial charge is 0.170 e. The summed E-state index contributed by atoms with van der Waals surface area (Å²) in [6.45, 7) is 0. The number of hydrogen-bond donors (Lipinski definition) is 0. The van der Waals surface area contributed by atoms with E-state index in [1.54, 1.807) is 0 Å². The highest BCUT2D eigenvalue weighted by Crippen LogP contribution is 2.13. The summed E-state index contributed by atoms with van der Waals surface area (Å²) in [5, 5.41) is 2.41. The van der Waals surface area contributed by atoms with Crippen LogP contribution in [0.25, 0.3) is 0 Å². The van der Waals surface area contributed by atoms with Gasteiger partial charge in [-0.3, -0.25) is 4.98 Å². The van der Waals surface area contributed by atoms with E-state index in [4.69, 9.17) is 0 Å². The topological polar surface area (TPSA) is 42.3 Å². The second-order valence-electron chi connectivity index (χ2n) is 1.42. The van der Waals surface area contributed by atoms with Crippen LogP contribution >= 0.6 is 0 Å². The van der Waals surface area contributed by atoms with Gasteiger partial charge in [-0.2, -0.15) is 0 Å². The molecule has 3 nitrogen and oxygen atoms in total. The SMILES string of the molecule is O=Nc1ccncc1F. The molecule has 0 amide bonds. The first kappa shape index (κ1) is 5.81. The summed E-state index contributed by atoms with van der Waals surface area (Å²) < 4.78 is 12.2. The Hall–Kier alpha value is -1.32. The average Bonchev–Trinajstić information content (AvgIpc) is 1.89. The van der Waals surface area contributed by atoms with Crippen molar-refractivity contribution in [2.75, 3.05) is 0 Å². The summed E-state index contributed by atoms with van der Waals surface area (Å²) in [6, 6.07) is 1.21. The zero-order valence-corrected chi connectivity index (χ0v) is 4.41. The molecule has 1 aromatic rings. The lowest BCUT2D eigenvalue weighted by molar-refractivity contribution is 0.623. The van der Waals surface area contributed by atoms with Crippen LogP contribution in [0.15, 0.2) is 23.6 Å². The molecule has 0 aliphatic heterocycles. The molecular formula is C5H3FN2O. The predicted molar refractivity (Wildman–Crippen MR) is 29.7 cm³/mol. The van der Waals surface area contributed by atoms with Crippen LogP contribution in [-0.2, 0) is 0 Å². The van der Waals surface area contributed by atoms with Crippen LogP contribution in [-0.4, -0.2) is 4.98 Å². The molecule has 0 radical (unpaired) electrons. The molecule has 46 valence electrons. The van der Waals surface area contributed by atoms with Crippen LogP contribution in [0.4, 0.5) is 10.1 Å². The Kier molecular flexibility index (Phi) is 1.48. The molecule has 0 atom stereocenters. The van der Waals surface area contributed by atoms with Gasteiger partial charge in [0.2, 0.25) is 0 Å². The Bertz CT molecular complexity index is 226. The van der Waals surface area contributed by atoms with Crippen LogP contribution in [0.1, 0.15) is 0 Å². The maximum absolute atomic E-state index is 12.2. The van der Waals surface area contributed by atoms with Crippen LogP contribution in [0.2, 0.25) is 0 Å². The number of nitrogens with zero attached hydrogens (tertiary/aromatic N) is 2. The predicted octanol–water partition coefficient (Wildman–Crippen LogP) is 1.62. The van der Waals surface area contributed by atoms with E-state index in [0.717, 1.165) is 6.20 Å². The summed E-state index contributed by atoms with van der Waals surface area (Å²) in [5.41, 5.74) is -0.204. The second-order valence-corrected chi connectivity index (χ2v) is 1.42. The highest BCUT2D eigenvalue weighted by molar-refractivity contribution is 5.34. The van der Waals surface area contributed by atoms with E-state index in [0.29, 0.717) is 0 Å². The lowest BCUT2D eigenvalue weighted by Crippen LogP contribution is -1.75. The van der Waals surface area contributed by atoms with Gasteiger partial charge in [0.15, 0.2) is 5.82 Å². The number of rotatable bonds is 1. The molecule has 0 aliphatic rings. The lowest BCUT2D eigenvalue weighted by Gasteiger charge is -1.86. The van der Waals surface area contributed by atoms with Crippen LogP contribution < -0.4 is 0 Å². The number of hydrogen-bond acceptors (Lipinski definition) is 3. The Morgan fingerprint density at radius 2 is 2.44 bits per heavy atom. The van der Waals surface area contributed by atoms with Crippen molar-refractivity contribution >= 4 is 5.69 Å². The standard InChI is InChI=1S/C5H3FN2O/c6-4-3-7-2-1-5(4)8-9/h1-3H. The van der Waals surface area contributed by atoms with Crippen molar-refractivity contribution in [3.8, 4) is 0 Å². The molecule has 0 N–H and O–H groups in total. The quantitative estimate of drug-likeness (QED) is 0.536. The zero-order chi connectivity index (χ0) is 6.69. The van der Waals surface area contributed by atoms with E-state index in [2.05, 4.69) is 10.2 Å². The lowest BCUT2D eigenvalue weighted by atomic mass is 10.4. The maximum Gasteiger partial charge on any atom is 0.170 e. The average molecular weight is 126 g/mol. The van der Waals surface area contributed by atoms with Gasteiger partial charge in [-0.15, -0.1) is 4.91 Å². The minimum absolute atomic E-state index is 0.204. The fourth-order valence-corrected chi connectivity index (χ4v) is 0.442. The summed E-state index contributed by atoms with van der Waals surface area (Å²) >= 11 is 0. The van der Waals surface area contributed by atoms with E-state index in [1.807, 2.05) is 0 Å². The van der Waals surface area contributed by atoms with Gasteiger partial charge < -0.3 is 0 Å². The van der Waals surface area contributed by atoms with Gasteiger partial charge in [0.05, 0.1) is 6.20 Å². The molecule has 1 rings (SSSR count). The molecule has 0 saturated heterocycles. The number of nitroso groups, excluding NO2 is 1. The van der Waals surface area contributed by atoms with Crippen molar-refractivity contribution in [2.24, 2.45) is 5.18 Å². The zero-order valence-electron chi connectivity index (χ0n) is 4.41. The highest BCUT2D eigenvalue weighted by Gasteiger charge is 1.97. The van der Waals surface area contributed by atoms with Crippen molar-refractivity contribution in [1.82, 2.24) is 4.98 Å². The Morgan fingerprint density at radius 1 is 1.67 bits per heavy atom. The van der Waals surface area contributed by atoms with E-state index in [9.17, 15) is 9.30 Å². The molecule has 0 unspecified atom stereocenters. The largest absolute Gasteiger partial charge is 0.262 e. The first-order chi connectivity index (χ1) is 4.34. The third-order valence-corrected chi connectivity index (χ3v) is 0.849. The van der Waals surface area contributed by atoms with E-state index in [-0.39, 0.29) is 5.69 Å². The Labute approximate surface area is 50.5 Å². The molecule has 0 spiro atoms. The van der Waals surface area contributed by atoms with Crippen molar-refractivity contribution in [1.29, 1.82) is 0 Å². The third kappa shape index (κ3) is 1.07. The molecule has 0 aromatic carbocycles. The van der Waals surface area contributed by atoms with Crippen molar-refractivity contribution in [2.45, 2.75) is 0 Å². The van der Waals surface area contributed by atoms with Gasteiger partial charge in [-0.1, -0.05) is 0 Å². The number of aromatic nitrogens is 1. The first-order valence-electron chi connectivity index (χ1n) is 2.27. The van der Waals surface area contributed by atoms with Crippen LogP contribution in [0.3, 0.4) is 0 Å². The summed E-state index contributed by atoms with van der Waals surface area (Å²) in [6.07, 6.45) is 2.25. The highest BCUT2D eigenvalue weighted by atomic mass is 19.1. The van der Waals surface area contributed by atoms with E-state index >= 15 is 0 Å². The van der Waals surface area contributed by atoms with Gasteiger partial charge in [0, 0.05) is 6.20 Å². The second kappa shape index (κ2) is 2.30. The van der Waals surface area contributed by atoms with Gasteiger partial charge >= 0.3 is 0 Å². The molecule has 9 heavy (non-hydrogen) atoms. The molecule has 1 aromatic heterocycles. The molecule has 0 aliphatic carbocycles. The molecule has 0 saturated carbocycles. The molecule has 0 bridgehead atoms. The van der Waals surface area contributed by atoms with Gasteiger partial charge in [-0.25, -0.2) is 4.39 Å². The molecule has 0 fully saturated rings. The first-order valence-corrected chi connectivity index (χ1v) is 2.27. The van der Waals surface area contributed by atoms with Gasteiger partial charge in [0.25, 0.3) is 0 Å². The molecule has 4 heteroatoms. The van der Waals surface area contributed by atoms with Gasteiger partial charge in [0.1, 0.15) is 5.69 Å². The van der Waals surface area contributed by atoms with Crippen molar-refractivity contribution in [3.63, 3.8) is 0 Å². The normalized spacial score (nSPS) is 9.00.